The van der Waals surface area contributed by atoms with Crippen molar-refractivity contribution in [3.63, 3.8) is 0 Å². The number of carbonyl (C=O) groups is 1. The first-order valence-electron chi connectivity index (χ1n) is 13.6. The van der Waals surface area contributed by atoms with Crippen LogP contribution in [0.4, 0.5) is 5.69 Å². The highest BCUT2D eigenvalue weighted by Crippen LogP contribution is 2.37. The molecule has 0 saturated heterocycles. The van der Waals surface area contributed by atoms with Crippen LogP contribution < -0.4 is 4.74 Å². The predicted octanol–water partition coefficient (Wildman–Crippen LogP) is 7.32. The topological polar surface area (TPSA) is 73.0 Å². The van der Waals surface area contributed by atoms with Crippen molar-refractivity contribution in [2.45, 2.75) is 60.0 Å². The van der Waals surface area contributed by atoms with Gasteiger partial charge in [-0.1, -0.05) is 44.5 Å². The molecule has 1 aliphatic rings. The quantitative estimate of drug-likeness (QED) is 0.212. The van der Waals surface area contributed by atoms with Crippen LogP contribution in [0.15, 0.2) is 42.6 Å². The molecule has 1 aliphatic carbocycles. The van der Waals surface area contributed by atoms with Crippen LogP contribution in [0, 0.1) is 38.2 Å². The van der Waals surface area contributed by atoms with Gasteiger partial charge in [0.15, 0.2) is 11.5 Å². The van der Waals surface area contributed by atoms with Gasteiger partial charge < -0.3 is 9.47 Å². The molecule has 5 rings (SSSR count). The van der Waals surface area contributed by atoms with Crippen molar-refractivity contribution in [2.24, 2.45) is 17.8 Å². The van der Waals surface area contributed by atoms with Crippen LogP contribution in [0.1, 0.15) is 66.2 Å². The number of aryl methyl sites for hydroxylation is 2. The Hall–Kier alpha value is -4.05. The molecule has 7 heteroatoms. The monoisotopic (exact) mass is 524 g/mol. The Morgan fingerprint density at radius 3 is 2.54 bits per heavy atom. The highest BCUT2D eigenvalue weighted by Gasteiger charge is 2.35. The molecule has 0 radical (unpaired) electrons. The summed E-state index contributed by atoms with van der Waals surface area (Å²) in [6.07, 6.45) is 4.22. The minimum absolute atomic E-state index is 0.171. The molecule has 2 atom stereocenters. The summed E-state index contributed by atoms with van der Waals surface area (Å²) >= 11 is 0. The van der Waals surface area contributed by atoms with Crippen molar-refractivity contribution < 1.29 is 14.3 Å². The van der Waals surface area contributed by atoms with Gasteiger partial charge in [-0.3, -0.25) is 9.61 Å². The Bertz CT molecular complexity index is 1560. The zero-order valence-electron chi connectivity index (χ0n) is 23.5. The van der Waals surface area contributed by atoms with E-state index in [0.29, 0.717) is 17.4 Å². The van der Waals surface area contributed by atoms with E-state index in [1.165, 1.54) is 16.7 Å². The van der Waals surface area contributed by atoms with Crippen molar-refractivity contribution in [1.82, 2.24) is 14.6 Å². The van der Waals surface area contributed by atoms with Gasteiger partial charge in [0.2, 0.25) is 5.69 Å². The molecule has 1 fully saturated rings. The van der Waals surface area contributed by atoms with Gasteiger partial charge in [-0.15, -0.1) is 0 Å². The first-order chi connectivity index (χ1) is 18.7. The molecule has 0 bridgehead atoms. The maximum absolute atomic E-state index is 13.4. The highest BCUT2D eigenvalue weighted by molar-refractivity contribution is 6.03. The zero-order valence-corrected chi connectivity index (χ0v) is 23.5. The van der Waals surface area contributed by atoms with Gasteiger partial charge in [-0.05, 0) is 79.3 Å². The molecule has 2 unspecified atom stereocenters. The lowest BCUT2D eigenvalue weighted by molar-refractivity contribution is -0.0249. The standard InChI is InChI=1S/C32H36N4O3/c1-18-8-9-20(3)24(14-18)16-25-15-23(10-11-27(25)38-7)30-34-31-28(26(33-6)17-36(31)35-30)32(37)39-29-21(4)12-19(2)13-22(29)5/h8-11,14-15,17,19,21-22,29H,12-13,16H2,1-5,7H3,(H,34,35). The number of H-pyrrole nitrogens is 1. The van der Waals surface area contributed by atoms with E-state index in [1.807, 2.05) is 12.1 Å². The lowest BCUT2D eigenvalue weighted by Gasteiger charge is -2.37. The number of esters is 1. The molecule has 7 nitrogen and oxygen atoms in total. The number of fused-ring (bicyclic) bond motifs is 1. The molecule has 1 N–H and O–H groups in total. The van der Waals surface area contributed by atoms with Crippen LogP contribution >= 0.6 is 0 Å². The molecule has 2 aromatic carbocycles. The fourth-order valence-electron chi connectivity index (χ4n) is 6.20. The second kappa shape index (κ2) is 10.6. The van der Waals surface area contributed by atoms with Gasteiger partial charge in [0.25, 0.3) is 0 Å². The first-order valence-corrected chi connectivity index (χ1v) is 13.6. The molecule has 2 heterocycles. The average molecular weight is 525 g/mol. The summed E-state index contributed by atoms with van der Waals surface area (Å²) in [5.41, 5.74) is 6.45. The van der Waals surface area contributed by atoms with Gasteiger partial charge in [0, 0.05) is 18.2 Å². The smallest absolute Gasteiger partial charge is 0.331 e. The van der Waals surface area contributed by atoms with Crippen LogP contribution in [0.25, 0.3) is 21.9 Å². The van der Waals surface area contributed by atoms with E-state index in [1.54, 1.807) is 17.8 Å². The predicted molar refractivity (Wildman–Crippen MR) is 152 cm³/mol. The minimum atomic E-state index is -0.481. The number of benzene rings is 2. The summed E-state index contributed by atoms with van der Waals surface area (Å²) in [6, 6.07) is 12.4. The number of nitrogens with zero attached hydrogens (tertiary/aromatic N) is 3. The number of aromatic nitrogens is 3. The molecule has 4 aromatic rings. The summed E-state index contributed by atoms with van der Waals surface area (Å²) < 4.78 is 13.4. The summed E-state index contributed by atoms with van der Waals surface area (Å²) in [7, 11) is 1.68. The largest absolute Gasteiger partial charge is 0.496 e. The Morgan fingerprint density at radius 1 is 1.10 bits per heavy atom. The lowest BCUT2D eigenvalue weighted by atomic mass is 9.75. The van der Waals surface area contributed by atoms with Crippen LogP contribution in [0.5, 0.6) is 5.75 Å². The van der Waals surface area contributed by atoms with Crippen molar-refractivity contribution in [3.8, 4) is 17.1 Å². The molecule has 0 aliphatic heterocycles. The first kappa shape index (κ1) is 26.6. The highest BCUT2D eigenvalue weighted by atomic mass is 16.5. The normalized spacial score (nSPS) is 21.1. The van der Waals surface area contributed by atoms with E-state index in [2.05, 4.69) is 68.8 Å². The van der Waals surface area contributed by atoms with Crippen molar-refractivity contribution in [2.75, 3.05) is 7.11 Å². The molecular formula is C32H36N4O3. The van der Waals surface area contributed by atoms with Crippen molar-refractivity contribution in [1.29, 1.82) is 0 Å². The molecular weight excluding hydrogens is 488 g/mol. The Morgan fingerprint density at radius 2 is 1.85 bits per heavy atom. The molecule has 39 heavy (non-hydrogen) atoms. The van der Waals surface area contributed by atoms with Crippen LogP contribution in [0.2, 0.25) is 0 Å². The van der Waals surface area contributed by atoms with Gasteiger partial charge in [-0.25, -0.2) is 14.6 Å². The van der Waals surface area contributed by atoms with Crippen molar-refractivity contribution >= 4 is 17.3 Å². The molecule has 1 saturated carbocycles. The second-order valence-electron chi connectivity index (χ2n) is 11.3. The third-order valence-corrected chi connectivity index (χ3v) is 8.08. The Kier molecular flexibility index (Phi) is 7.22. The van der Waals surface area contributed by atoms with E-state index in [4.69, 9.17) is 21.0 Å². The van der Waals surface area contributed by atoms with E-state index < -0.39 is 5.97 Å². The fraction of sp³-hybridized carbons (Fsp3) is 0.406. The number of ether oxygens (including phenoxy) is 2. The van der Waals surface area contributed by atoms with Crippen LogP contribution in [-0.2, 0) is 11.2 Å². The zero-order chi connectivity index (χ0) is 27.8. The minimum Gasteiger partial charge on any atom is -0.496 e. The summed E-state index contributed by atoms with van der Waals surface area (Å²) in [5.74, 6) is 2.09. The fourth-order valence-corrected chi connectivity index (χ4v) is 6.20. The molecule has 0 amide bonds. The number of carbonyl (C=O) groups excluding carboxylic acids is 1. The van der Waals surface area contributed by atoms with Gasteiger partial charge in [0.1, 0.15) is 17.4 Å². The van der Waals surface area contributed by atoms with Gasteiger partial charge in [0.05, 0.1) is 13.7 Å². The Labute approximate surface area is 230 Å². The molecule has 2 aromatic heterocycles. The van der Waals surface area contributed by atoms with Crippen LogP contribution in [-0.4, -0.2) is 33.8 Å². The summed E-state index contributed by atoms with van der Waals surface area (Å²) in [5, 5.41) is 3.25. The van der Waals surface area contributed by atoms with Gasteiger partial charge in [-0.2, -0.15) is 0 Å². The maximum atomic E-state index is 13.4. The number of hydrogen-bond donors (Lipinski definition) is 1. The van der Waals surface area contributed by atoms with Crippen LogP contribution in [0.3, 0.4) is 0 Å². The summed E-state index contributed by atoms with van der Waals surface area (Å²) in [4.78, 5) is 21.8. The number of rotatable bonds is 6. The van der Waals surface area contributed by atoms with Crippen molar-refractivity contribution in [3.05, 3.63) is 81.8 Å². The average Bonchev–Trinajstić information content (AvgIpc) is 3.46. The number of aromatic amines is 1. The number of nitrogens with one attached hydrogen (secondary N) is 1. The third kappa shape index (κ3) is 5.16. The van der Waals surface area contributed by atoms with E-state index >= 15 is 0 Å². The maximum Gasteiger partial charge on any atom is 0.331 e. The lowest BCUT2D eigenvalue weighted by Crippen LogP contribution is -2.37. The number of hydrogen-bond acceptors (Lipinski definition) is 4. The summed E-state index contributed by atoms with van der Waals surface area (Å²) in [6.45, 7) is 18.4. The second-order valence-corrected chi connectivity index (χ2v) is 11.3. The third-order valence-electron chi connectivity index (χ3n) is 8.08. The van der Waals surface area contributed by atoms with E-state index in [9.17, 15) is 4.79 Å². The number of methoxy groups -OCH3 is 1. The van der Waals surface area contributed by atoms with E-state index in [0.717, 1.165) is 36.1 Å². The Balaban J connectivity index is 1.48. The van der Waals surface area contributed by atoms with Gasteiger partial charge >= 0.3 is 5.97 Å². The van der Waals surface area contributed by atoms with E-state index in [-0.39, 0.29) is 29.2 Å². The SMILES string of the molecule is [C-]#[N+]c1cn2[nH]c(-c3ccc(OC)c(Cc4cc(C)ccc4C)c3)nc2c1C(=O)OC1C(C)CC(C)CC1C. The molecule has 202 valence electrons. The molecule has 0 spiro atoms.